The number of rotatable bonds is 4. The highest BCUT2D eigenvalue weighted by molar-refractivity contribution is 5.88. The number of anilines is 1. The Morgan fingerprint density at radius 1 is 1.24 bits per heavy atom. The molecule has 0 bridgehead atoms. The topological polar surface area (TPSA) is 86.9 Å². The summed E-state index contributed by atoms with van der Waals surface area (Å²) in [7, 11) is 3.74. The molecule has 0 saturated carbocycles. The first kappa shape index (κ1) is 16.9. The van der Waals surface area contributed by atoms with Crippen LogP contribution in [0, 0.1) is 0 Å². The number of ether oxygens (including phenoxy) is 1. The molecule has 1 N–H and O–H groups in total. The highest BCUT2D eigenvalue weighted by Gasteiger charge is 2.21. The van der Waals surface area contributed by atoms with Gasteiger partial charge < -0.3 is 19.2 Å². The molecule has 3 aromatic rings. The van der Waals surface area contributed by atoms with Crippen LogP contribution in [-0.2, 0) is 25.4 Å². The molecule has 0 radical (unpaired) electrons. The standard InChI is InChI=1S/C17H22N6O2/c1-17(2,3)25-16(24)12-8-18-13(23(12)5)9-19-15-14-11(20-10-21-15)6-7-22(14)4/h6-8,10H,9H2,1-5H3,(H,19,20,21). The summed E-state index contributed by atoms with van der Waals surface area (Å²) in [5.41, 5.74) is 1.66. The van der Waals surface area contributed by atoms with E-state index in [1.165, 1.54) is 12.5 Å². The quantitative estimate of drug-likeness (QED) is 0.732. The second-order valence-corrected chi connectivity index (χ2v) is 6.86. The number of fused-ring (bicyclic) bond motifs is 1. The largest absolute Gasteiger partial charge is 0.455 e. The summed E-state index contributed by atoms with van der Waals surface area (Å²) in [5.74, 6) is 1.04. The van der Waals surface area contributed by atoms with Gasteiger partial charge in [-0.2, -0.15) is 0 Å². The predicted octanol–water partition coefficient (Wildman–Crippen LogP) is 2.27. The number of aromatic nitrogens is 5. The molecular formula is C17H22N6O2. The van der Waals surface area contributed by atoms with Gasteiger partial charge in [0.2, 0.25) is 0 Å². The summed E-state index contributed by atoms with van der Waals surface area (Å²) < 4.78 is 9.09. The molecule has 0 aromatic carbocycles. The van der Waals surface area contributed by atoms with E-state index in [9.17, 15) is 4.79 Å². The fraction of sp³-hybridized carbons (Fsp3) is 0.412. The van der Waals surface area contributed by atoms with Crippen molar-refractivity contribution in [2.75, 3.05) is 5.32 Å². The number of aryl methyl sites for hydroxylation is 1. The van der Waals surface area contributed by atoms with E-state index in [1.807, 2.05) is 44.6 Å². The van der Waals surface area contributed by atoms with Gasteiger partial charge in [0.25, 0.3) is 0 Å². The lowest BCUT2D eigenvalue weighted by Crippen LogP contribution is -2.25. The molecule has 0 amide bonds. The lowest BCUT2D eigenvalue weighted by molar-refractivity contribution is 0.00586. The van der Waals surface area contributed by atoms with Crippen molar-refractivity contribution in [3.8, 4) is 0 Å². The molecule has 3 aromatic heterocycles. The van der Waals surface area contributed by atoms with Crippen LogP contribution in [0.1, 0.15) is 37.1 Å². The zero-order valence-corrected chi connectivity index (χ0v) is 15.1. The van der Waals surface area contributed by atoms with Crippen LogP contribution in [0.5, 0.6) is 0 Å². The van der Waals surface area contributed by atoms with Crippen LogP contribution >= 0.6 is 0 Å². The summed E-state index contributed by atoms with van der Waals surface area (Å²) in [5, 5.41) is 3.26. The van der Waals surface area contributed by atoms with Gasteiger partial charge in [-0.05, 0) is 26.8 Å². The van der Waals surface area contributed by atoms with Gasteiger partial charge >= 0.3 is 5.97 Å². The molecule has 3 rings (SSSR count). The van der Waals surface area contributed by atoms with E-state index >= 15 is 0 Å². The van der Waals surface area contributed by atoms with Gasteiger partial charge in [-0.3, -0.25) is 0 Å². The van der Waals surface area contributed by atoms with Crippen LogP contribution < -0.4 is 5.32 Å². The van der Waals surface area contributed by atoms with E-state index in [2.05, 4.69) is 20.3 Å². The Balaban J connectivity index is 1.78. The van der Waals surface area contributed by atoms with Gasteiger partial charge in [-0.15, -0.1) is 0 Å². The maximum atomic E-state index is 12.2. The van der Waals surface area contributed by atoms with Crippen molar-refractivity contribution in [1.82, 2.24) is 24.1 Å². The number of imidazole rings is 1. The summed E-state index contributed by atoms with van der Waals surface area (Å²) in [6.07, 6.45) is 4.99. The van der Waals surface area contributed by atoms with Crippen molar-refractivity contribution in [3.63, 3.8) is 0 Å². The Morgan fingerprint density at radius 2 is 2.00 bits per heavy atom. The number of carbonyl (C=O) groups excluding carboxylic acids is 1. The highest BCUT2D eigenvalue weighted by Crippen LogP contribution is 2.20. The molecule has 0 fully saturated rings. The normalized spacial score (nSPS) is 11.7. The van der Waals surface area contributed by atoms with Crippen LogP contribution in [0.4, 0.5) is 5.82 Å². The maximum Gasteiger partial charge on any atom is 0.357 e. The maximum absolute atomic E-state index is 12.2. The lowest BCUT2D eigenvalue weighted by Gasteiger charge is -2.19. The van der Waals surface area contributed by atoms with Gasteiger partial charge in [0.1, 0.15) is 29.0 Å². The first-order valence-electron chi connectivity index (χ1n) is 8.00. The Hall–Kier alpha value is -2.90. The van der Waals surface area contributed by atoms with Crippen molar-refractivity contribution in [2.45, 2.75) is 32.9 Å². The number of carbonyl (C=O) groups is 1. The summed E-state index contributed by atoms with van der Waals surface area (Å²) in [6.45, 7) is 5.94. The Bertz CT molecular complexity index is 919. The lowest BCUT2D eigenvalue weighted by atomic mass is 10.2. The molecule has 25 heavy (non-hydrogen) atoms. The molecule has 132 valence electrons. The average molecular weight is 342 g/mol. The minimum Gasteiger partial charge on any atom is -0.455 e. The number of hydrogen-bond donors (Lipinski definition) is 1. The van der Waals surface area contributed by atoms with Crippen molar-refractivity contribution >= 4 is 22.8 Å². The van der Waals surface area contributed by atoms with Gasteiger partial charge in [0.05, 0.1) is 18.3 Å². The third kappa shape index (κ3) is 3.47. The molecule has 0 aliphatic carbocycles. The van der Waals surface area contributed by atoms with Crippen LogP contribution in [0.2, 0.25) is 0 Å². The zero-order valence-electron chi connectivity index (χ0n) is 15.1. The van der Waals surface area contributed by atoms with E-state index in [0.717, 1.165) is 16.9 Å². The smallest absolute Gasteiger partial charge is 0.357 e. The van der Waals surface area contributed by atoms with Crippen molar-refractivity contribution in [3.05, 3.63) is 36.3 Å². The van der Waals surface area contributed by atoms with E-state index in [0.29, 0.717) is 18.1 Å². The first-order chi connectivity index (χ1) is 11.8. The molecule has 0 spiro atoms. The molecule has 8 nitrogen and oxygen atoms in total. The zero-order chi connectivity index (χ0) is 18.2. The van der Waals surface area contributed by atoms with Crippen LogP contribution in [0.15, 0.2) is 24.8 Å². The molecule has 0 aliphatic heterocycles. The minimum absolute atomic E-state index is 0.388. The number of esters is 1. The monoisotopic (exact) mass is 342 g/mol. The van der Waals surface area contributed by atoms with Crippen LogP contribution in [0.25, 0.3) is 11.0 Å². The predicted molar refractivity (Wildman–Crippen MR) is 94.2 cm³/mol. The fourth-order valence-corrected chi connectivity index (χ4v) is 2.54. The van der Waals surface area contributed by atoms with Gasteiger partial charge in [0.15, 0.2) is 5.82 Å². The van der Waals surface area contributed by atoms with E-state index in [4.69, 9.17) is 4.74 Å². The van der Waals surface area contributed by atoms with Crippen molar-refractivity contribution in [1.29, 1.82) is 0 Å². The van der Waals surface area contributed by atoms with Crippen LogP contribution in [0.3, 0.4) is 0 Å². The summed E-state index contributed by atoms with van der Waals surface area (Å²) in [6, 6.07) is 1.93. The molecule has 3 heterocycles. The number of hydrogen-bond acceptors (Lipinski definition) is 6. The van der Waals surface area contributed by atoms with Gasteiger partial charge in [0, 0.05) is 20.3 Å². The first-order valence-corrected chi connectivity index (χ1v) is 8.00. The SMILES string of the molecule is Cn1c(C(=O)OC(C)(C)C)cnc1CNc1ncnc2ccn(C)c12. The highest BCUT2D eigenvalue weighted by atomic mass is 16.6. The minimum atomic E-state index is -0.543. The average Bonchev–Trinajstić information content (AvgIpc) is 3.08. The van der Waals surface area contributed by atoms with Gasteiger partial charge in [-0.25, -0.2) is 19.7 Å². The van der Waals surface area contributed by atoms with Crippen molar-refractivity contribution in [2.24, 2.45) is 14.1 Å². The molecule has 0 atom stereocenters. The van der Waals surface area contributed by atoms with Gasteiger partial charge in [-0.1, -0.05) is 0 Å². The third-order valence-electron chi connectivity index (χ3n) is 3.77. The summed E-state index contributed by atoms with van der Waals surface area (Å²) in [4.78, 5) is 25.1. The molecule has 0 aliphatic rings. The van der Waals surface area contributed by atoms with Crippen LogP contribution in [-0.4, -0.2) is 35.7 Å². The second-order valence-electron chi connectivity index (χ2n) is 6.86. The summed E-state index contributed by atoms with van der Waals surface area (Å²) >= 11 is 0. The third-order valence-corrected chi connectivity index (χ3v) is 3.77. The number of nitrogens with one attached hydrogen (secondary N) is 1. The second kappa shape index (κ2) is 6.19. The number of nitrogens with zero attached hydrogens (tertiary/aromatic N) is 5. The Labute approximate surface area is 145 Å². The molecule has 0 unspecified atom stereocenters. The molecular weight excluding hydrogens is 320 g/mol. The van der Waals surface area contributed by atoms with E-state index < -0.39 is 5.60 Å². The van der Waals surface area contributed by atoms with Crippen molar-refractivity contribution < 1.29 is 9.53 Å². The van der Waals surface area contributed by atoms with E-state index in [-0.39, 0.29) is 5.97 Å². The Kier molecular flexibility index (Phi) is 4.20. The Morgan fingerprint density at radius 3 is 2.72 bits per heavy atom. The fourth-order valence-electron chi connectivity index (χ4n) is 2.54. The van der Waals surface area contributed by atoms with E-state index in [1.54, 1.807) is 11.6 Å². The molecule has 8 heteroatoms. The molecule has 0 saturated heterocycles.